The Morgan fingerprint density at radius 1 is 1.13 bits per heavy atom. The van der Waals surface area contributed by atoms with E-state index in [1.807, 2.05) is 24.3 Å². The first-order valence-corrected chi connectivity index (χ1v) is 8.90. The third-order valence-electron chi connectivity index (χ3n) is 3.06. The Bertz CT molecular complexity index is 555. The fourth-order valence-electron chi connectivity index (χ4n) is 1.84. The van der Waals surface area contributed by atoms with Crippen molar-refractivity contribution < 1.29 is 9.59 Å². The summed E-state index contributed by atoms with van der Waals surface area (Å²) in [5, 5.41) is 8.75. The summed E-state index contributed by atoms with van der Waals surface area (Å²) in [6.45, 7) is 0.419. The Balaban J connectivity index is 2.16. The number of rotatable bonds is 10. The second kappa shape index (κ2) is 11.7. The molecule has 0 spiro atoms. The third-order valence-corrected chi connectivity index (χ3v) is 3.94. The average molecular weight is 429 g/mol. The van der Waals surface area contributed by atoms with Gasteiger partial charge in [0.15, 0.2) is 0 Å². The molecule has 0 bridgehead atoms. The summed E-state index contributed by atoms with van der Waals surface area (Å²) in [6.07, 6.45) is 2.67. The number of alkyl halides is 1. The van der Waals surface area contributed by atoms with Crippen molar-refractivity contribution in [2.24, 2.45) is 5.11 Å². The van der Waals surface area contributed by atoms with Crippen LogP contribution < -0.4 is 10.6 Å². The molecule has 124 valence electrons. The SMILES string of the molecule is [N-]=[N+]=NCCCCCC(=O)NCC(=O)Nc1ccc(CI)cc1. The molecule has 0 saturated heterocycles. The smallest absolute Gasteiger partial charge is 0.243 e. The summed E-state index contributed by atoms with van der Waals surface area (Å²) in [5.74, 6) is -0.395. The Morgan fingerprint density at radius 3 is 2.52 bits per heavy atom. The number of halogens is 1. The molecule has 2 N–H and O–H groups in total. The normalized spacial score (nSPS) is 9.78. The van der Waals surface area contributed by atoms with E-state index in [1.54, 1.807) is 0 Å². The van der Waals surface area contributed by atoms with Crippen molar-refractivity contribution in [3.05, 3.63) is 40.3 Å². The zero-order valence-electron chi connectivity index (χ0n) is 12.8. The zero-order chi connectivity index (χ0) is 16.9. The zero-order valence-corrected chi connectivity index (χ0v) is 15.0. The first kappa shape index (κ1) is 19.2. The molecule has 0 aliphatic carbocycles. The van der Waals surface area contributed by atoms with Gasteiger partial charge >= 0.3 is 0 Å². The molecule has 0 heterocycles. The van der Waals surface area contributed by atoms with Crippen molar-refractivity contribution in [1.29, 1.82) is 0 Å². The molecule has 2 amide bonds. The molecule has 23 heavy (non-hydrogen) atoms. The van der Waals surface area contributed by atoms with Crippen LogP contribution in [-0.4, -0.2) is 24.9 Å². The number of hydrogen-bond acceptors (Lipinski definition) is 3. The van der Waals surface area contributed by atoms with Crippen LogP contribution in [0.15, 0.2) is 29.4 Å². The molecular weight excluding hydrogens is 409 g/mol. The molecule has 8 heteroatoms. The van der Waals surface area contributed by atoms with Gasteiger partial charge in [-0.2, -0.15) is 0 Å². The van der Waals surface area contributed by atoms with Crippen LogP contribution in [0.5, 0.6) is 0 Å². The number of azide groups is 1. The lowest BCUT2D eigenvalue weighted by Crippen LogP contribution is -2.32. The summed E-state index contributed by atoms with van der Waals surface area (Å²) in [4.78, 5) is 26.0. The van der Waals surface area contributed by atoms with Gasteiger partial charge in [0.05, 0.1) is 6.54 Å². The van der Waals surface area contributed by atoms with Crippen LogP contribution in [0.3, 0.4) is 0 Å². The van der Waals surface area contributed by atoms with Gasteiger partial charge in [-0.15, -0.1) is 0 Å². The summed E-state index contributed by atoms with van der Waals surface area (Å²) < 4.78 is 0.922. The minimum Gasteiger partial charge on any atom is -0.347 e. The number of amides is 2. The number of benzene rings is 1. The van der Waals surface area contributed by atoms with Crippen molar-refractivity contribution in [3.8, 4) is 0 Å². The van der Waals surface area contributed by atoms with Crippen molar-refractivity contribution in [3.63, 3.8) is 0 Å². The van der Waals surface area contributed by atoms with Crippen LogP contribution in [-0.2, 0) is 14.0 Å². The van der Waals surface area contributed by atoms with Gasteiger partial charge in [-0.3, -0.25) is 9.59 Å². The van der Waals surface area contributed by atoms with Gasteiger partial charge in [0.25, 0.3) is 0 Å². The topological polar surface area (TPSA) is 107 Å². The van der Waals surface area contributed by atoms with E-state index < -0.39 is 0 Å². The molecule has 0 radical (unpaired) electrons. The van der Waals surface area contributed by atoms with Crippen LogP contribution in [0.2, 0.25) is 0 Å². The molecule has 0 fully saturated rings. The van der Waals surface area contributed by atoms with Gasteiger partial charge in [0.2, 0.25) is 11.8 Å². The molecule has 0 aromatic heterocycles. The third kappa shape index (κ3) is 9.04. The lowest BCUT2D eigenvalue weighted by Gasteiger charge is -2.07. The van der Waals surface area contributed by atoms with Crippen molar-refractivity contribution >= 4 is 40.1 Å². The monoisotopic (exact) mass is 429 g/mol. The Kier molecular flexibility index (Phi) is 9.81. The first-order chi connectivity index (χ1) is 11.2. The standard InChI is InChI=1S/C15H20IN5O2/c16-10-12-5-7-13(8-6-12)20-15(23)11-18-14(22)4-2-1-3-9-19-21-17/h5-8H,1-4,9-11H2,(H,18,22)(H,20,23). The van der Waals surface area contributed by atoms with E-state index in [0.29, 0.717) is 19.4 Å². The Morgan fingerprint density at radius 2 is 1.87 bits per heavy atom. The van der Waals surface area contributed by atoms with Crippen LogP contribution in [0.1, 0.15) is 31.2 Å². The van der Waals surface area contributed by atoms with E-state index >= 15 is 0 Å². The number of hydrogen-bond donors (Lipinski definition) is 2. The maximum Gasteiger partial charge on any atom is 0.243 e. The first-order valence-electron chi connectivity index (χ1n) is 7.38. The van der Waals surface area contributed by atoms with E-state index in [2.05, 4.69) is 43.3 Å². The van der Waals surface area contributed by atoms with Crippen molar-refractivity contribution in [2.45, 2.75) is 30.1 Å². The number of carbonyl (C=O) groups is 2. The van der Waals surface area contributed by atoms with Crippen LogP contribution >= 0.6 is 22.6 Å². The second-order valence-electron chi connectivity index (χ2n) is 4.92. The summed E-state index contributed by atoms with van der Waals surface area (Å²) in [6, 6.07) is 7.60. The number of anilines is 1. The number of nitrogens with one attached hydrogen (secondary N) is 2. The molecule has 7 nitrogen and oxygen atoms in total. The Hall–Kier alpha value is -1.80. The lowest BCUT2D eigenvalue weighted by atomic mass is 10.2. The highest BCUT2D eigenvalue weighted by Gasteiger charge is 2.06. The second-order valence-corrected chi connectivity index (χ2v) is 5.68. The minimum absolute atomic E-state index is 0.0361. The van der Waals surface area contributed by atoms with Crippen LogP contribution in [0, 0.1) is 0 Å². The molecular formula is C15H20IN5O2. The van der Waals surface area contributed by atoms with E-state index in [-0.39, 0.29) is 18.4 Å². The summed E-state index contributed by atoms with van der Waals surface area (Å²) in [5.41, 5.74) is 10.0. The average Bonchev–Trinajstić information content (AvgIpc) is 2.57. The lowest BCUT2D eigenvalue weighted by molar-refractivity contribution is -0.124. The molecule has 1 rings (SSSR count). The summed E-state index contributed by atoms with van der Waals surface area (Å²) in [7, 11) is 0. The van der Waals surface area contributed by atoms with E-state index in [9.17, 15) is 9.59 Å². The van der Waals surface area contributed by atoms with Gasteiger partial charge in [-0.05, 0) is 36.1 Å². The largest absolute Gasteiger partial charge is 0.347 e. The Labute approximate surface area is 149 Å². The molecule has 0 atom stereocenters. The summed E-state index contributed by atoms with van der Waals surface area (Å²) >= 11 is 2.28. The van der Waals surface area contributed by atoms with E-state index in [1.165, 1.54) is 5.56 Å². The quantitative estimate of drug-likeness (QED) is 0.148. The van der Waals surface area contributed by atoms with E-state index in [4.69, 9.17) is 5.53 Å². The highest BCUT2D eigenvalue weighted by atomic mass is 127. The maximum absolute atomic E-state index is 11.7. The predicted molar refractivity (Wildman–Crippen MR) is 98.3 cm³/mol. The molecule has 0 unspecified atom stereocenters. The fourth-order valence-corrected chi connectivity index (χ4v) is 2.35. The molecule has 0 aliphatic heterocycles. The van der Waals surface area contributed by atoms with Gasteiger partial charge in [-0.1, -0.05) is 46.3 Å². The van der Waals surface area contributed by atoms with Gasteiger partial charge in [0.1, 0.15) is 0 Å². The fraction of sp³-hybridized carbons (Fsp3) is 0.467. The highest BCUT2D eigenvalue weighted by molar-refractivity contribution is 14.1. The minimum atomic E-state index is -0.246. The van der Waals surface area contributed by atoms with Crippen molar-refractivity contribution in [2.75, 3.05) is 18.4 Å². The number of carbonyl (C=O) groups excluding carboxylic acids is 2. The van der Waals surface area contributed by atoms with Crippen LogP contribution in [0.4, 0.5) is 5.69 Å². The van der Waals surface area contributed by atoms with Crippen LogP contribution in [0.25, 0.3) is 10.4 Å². The highest BCUT2D eigenvalue weighted by Crippen LogP contribution is 2.11. The maximum atomic E-state index is 11.7. The van der Waals surface area contributed by atoms with Gasteiger partial charge < -0.3 is 10.6 Å². The molecule has 1 aromatic rings. The number of unbranched alkanes of at least 4 members (excludes halogenated alkanes) is 2. The predicted octanol–water partition coefficient (Wildman–Crippen LogP) is 3.55. The van der Waals surface area contributed by atoms with E-state index in [0.717, 1.165) is 23.0 Å². The van der Waals surface area contributed by atoms with Gasteiger partial charge in [0, 0.05) is 28.0 Å². The van der Waals surface area contributed by atoms with Crippen molar-refractivity contribution in [1.82, 2.24) is 5.32 Å². The van der Waals surface area contributed by atoms with Gasteiger partial charge in [-0.25, -0.2) is 0 Å². The number of nitrogens with zero attached hydrogens (tertiary/aromatic N) is 3. The molecule has 0 saturated carbocycles. The molecule has 0 aliphatic rings. The molecule has 1 aromatic carbocycles.